The first kappa shape index (κ1) is 9.06. The van der Waals surface area contributed by atoms with E-state index >= 15 is 0 Å². The SMILES string of the molecule is CC(C)(F)c1coc2cccc(N)c12. The van der Waals surface area contributed by atoms with Crippen LogP contribution in [0.2, 0.25) is 0 Å². The Morgan fingerprint density at radius 2 is 2.07 bits per heavy atom. The Morgan fingerprint density at radius 1 is 1.36 bits per heavy atom. The van der Waals surface area contributed by atoms with Gasteiger partial charge in [0.2, 0.25) is 0 Å². The summed E-state index contributed by atoms with van der Waals surface area (Å²) < 4.78 is 19.0. The number of alkyl halides is 1. The highest BCUT2D eigenvalue weighted by molar-refractivity contribution is 5.92. The molecule has 0 amide bonds. The van der Waals surface area contributed by atoms with E-state index in [0.29, 0.717) is 22.2 Å². The van der Waals surface area contributed by atoms with Gasteiger partial charge in [-0.3, -0.25) is 0 Å². The molecule has 2 aromatic rings. The van der Waals surface area contributed by atoms with E-state index in [9.17, 15) is 4.39 Å². The zero-order chi connectivity index (χ0) is 10.3. The maximum Gasteiger partial charge on any atom is 0.136 e. The molecule has 0 fully saturated rings. The molecule has 0 atom stereocenters. The summed E-state index contributed by atoms with van der Waals surface area (Å²) in [5, 5.41) is 0.681. The van der Waals surface area contributed by atoms with E-state index in [-0.39, 0.29) is 0 Å². The highest BCUT2D eigenvalue weighted by Gasteiger charge is 2.24. The summed E-state index contributed by atoms with van der Waals surface area (Å²) in [7, 11) is 0. The third kappa shape index (κ3) is 1.25. The van der Waals surface area contributed by atoms with Crippen LogP contribution >= 0.6 is 0 Å². The van der Waals surface area contributed by atoms with Crippen molar-refractivity contribution in [1.82, 2.24) is 0 Å². The van der Waals surface area contributed by atoms with Gasteiger partial charge in [0.05, 0.1) is 6.26 Å². The first-order valence-electron chi connectivity index (χ1n) is 4.45. The van der Waals surface area contributed by atoms with Crippen molar-refractivity contribution < 1.29 is 8.81 Å². The molecule has 0 radical (unpaired) electrons. The minimum absolute atomic E-state index is 0.505. The van der Waals surface area contributed by atoms with E-state index in [4.69, 9.17) is 10.2 Å². The van der Waals surface area contributed by atoms with E-state index in [2.05, 4.69) is 0 Å². The maximum absolute atomic E-state index is 13.7. The van der Waals surface area contributed by atoms with E-state index in [1.165, 1.54) is 20.1 Å². The number of hydrogen-bond donors (Lipinski definition) is 1. The fraction of sp³-hybridized carbons (Fsp3) is 0.273. The van der Waals surface area contributed by atoms with Crippen LogP contribution in [0.1, 0.15) is 19.4 Å². The van der Waals surface area contributed by atoms with Gasteiger partial charge >= 0.3 is 0 Å². The molecule has 0 spiro atoms. The topological polar surface area (TPSA) is 39.2 Å². The van der Waals surface area contributed by atoms with Gasteiger partial charge in [0.15, 0.2) is 0 Å². The normalized spacial score (nSPS) is 12.2. The number of rotatable bonds is 1. The second kappa shape index (κ2) is 2.74. The monoisotopic (exact) mass is 193 g/mol. The highest BCUT2D eigenvalue weighted by Crippen LogP contribution is 2.35. The van der Waals surface area contributed by atoms with Gasteiger partial charge in [-0.2, -0.15) is 0 Å². The van der Waals surface area contributed by atoms with Gasteiger partial charge in [0.1, 0.15) is 11.3 Å². The number of hydrogen-bond acceptors (Lipinski definition) is 2. The van der Waals surface area contributed by atoms with Crippen LogP contribution in [0, 0.1) is 0 Å². The van der Waals surface area contributed by atoms with Crippen molar-refractivity contribution in [2.45, 2.75) is 19.5 Å². The lowest BCUT2D eigenvalue weighted by molar-refractivity contribution is 0.222. The summed E-state index contributed by atoms with van der Waals surface area (Å²) in [5.41, 5.74) is 6.03. The molecule has 0 bridgehead atoms. The molecule has 0 saturated heterocycles. The van der Waals surface area contributed by atoms with Crippen LogP contribution in [0.4, 0.5) is 10.1 Å². The lowest BCUT2D eigenvalue weighted by Crippen LogP contribution is -2.08. The number of furan rings is 1. The molecule has 74 valence electrons. The Morgan fingerprint density at radius 3 is 2.71 bits per heavy atom. The molecule has 0 aliphatic carbocycles. The maximum atomic E-state index is 13.7. The van der Waals surface area contributed by atoms with Crippen LogP contribution in [0.15, 0.2) is 28.9 Å². The largest absolute Gasteiger partial charge is 0.464 e. The van der Waals surface area contributed by atoms with Gasteiger partial charge < -0.3 is 10.2 Å². The number of nitrogens with two attached hydrogens (primary N) is 1. The Balaban J connectivity index is 2.80. The molecule has 1 heterocycles. The third-order valence-electron chi connectivity index (χ3n) is 2.27. The average molecular weight is 193 g/mol. The minimum Gasteiger partial charge on any atom is -0.464 e. The third-order valence-corrected chi connectivity index (χ3v) is 2.27. The summed E-state index contributed by atoms with van der Waals surface area (Å²) in [6, 6.07) is 5.31. The molecule has 2 nitrogen and oxygen atoms in total. The second-order valence-corrected chi connectivity index (χ2v) is 3.84. The predicted molar refractivity (Wildman–Crippen MR) is 54.8 cm³/mol. The molecule has 0 aliphatic heterocycles. The quantitative estimate of drug-likeness (QED) is 0.706. The van der Waals surface area contributed by atoms with E-state index in [0.717, 1.165) is 0 Å². The Labute approximate surface area is 81.5 Å². The summed E-state index contributed by atoms with van der Waals surface area (Å²) in [6.45, 7) is 2.98. The van der Waals surface area contributed by atoms with Crippen molar-refractivity contribution in [3.05, 3.63) is 30.0 Å². The molecule has 0 aliphatic rings. The zero-order valence-electron chi connectivity index (χ0n) is 8.17. The number of anilines is 1. The smallest absolute Gasteiger partial charge is 0.136 e. The molecule has 2 N–H and O–H groups in total. The van der Waals surface area contributed by atoms with Gasteiger partial charge in [0, 0.05) is 16.6 Å². The van der Waals surface area contributed by atoms with Crippen molar-refractivity contribution in [3.63, 3.8) is 0 Å². The van der Waals surface area contributed by atoms with Gasteiger partial charge in [-0.05, 0) is 26.0 Å². The van der Waals surface area contributed by atoms with Crippen molar-refractivity contribution in [2.75, 3.05) is 5.73 Å². The fourth-order valence-electron chi connectivity index (χ4n) is 1.55. The van der Waals surface area contributed by atoms with Crippen molar-refractivity contribution in [3.8, 4) is 0 Å². The Bertz CT molecular complexity index is 468. The summed E-state index contributed by atoms with van der Waals surface area (Å²) in [4.78, 5) is 0. The Hall–Kier alpha value is -1.51. The molecule has 3 heteroatoms. The molecule has 14 heavy (non-hydrogen) atoms. The lowest BCUT2D eigenvalue weighted by atomic mass is 9.99. The molecule has 0 unspecified atom stereocenters. The fourth-order valence-corrected chi connectivity index (χ4v) is 1.55. The second-order valence-electron chi connectivity index (χ2n) is 3.84. The molecular weight excluding hydrogens is 181 g/mol. The number of halogens is 1. The van der Waals surface area contributed by atoms with Crippen LogP contribution in [0.25, 0.3) is 11.0 Å². The van der Waals surface area contributed by atoms with Crippen LogP contribution in [-0.4, -0.2) is 0 Å². The number of nitrogen functional groups attached to an aromatic ring is 1. The van der Waals surface area contributed by atoms with E-state index in [1.807, 2.05) is 0 Å². The standard InChI is InChI=1S/C11H12FNO/c1-11(2,12)7-6-14-9-5-3-4-8(13)10(7)9/h3-6H,13H2,1-2H3. The first-order chi connectivity index (χ1) is 6.50. The predicted octanol–water partition coefficient (Wildman–Crippen LogP) is 3.22. The molecule has 2 rings (SSSR count). The molecule has 0 saturated carbocycles. The number of benzene rings is 1. The first-order valence-corrected chi connectivity index (χ1v) is 4.45. The van der Waals surface area contributed by atoms with E-state index < -0.39 is 5.67 Å². The molecular formula is C11H12FNO. The average Bonchev–Trinajstić information content (AvgIpc) is 2.47. The van der Waals surface area contributed by atoms with E-state index in [1.54, 1.807) is 18.2 Å². The lowest BCUT2D eigenvalue weighted by Gasteiger charge is -2.12. The zero-order valence-corrected chi connectivity index (χ0v) is 8.17. The Kier molecular flexibility index (Phi) is 1.77. The van der Waals surface area contributed by atoms with Crippen molar-refractivity contribution >= 4 is 16.7 Å². The van der Waals surface area contributed by atoms with Crippen molar-refractivity contribution in [2.24, 2.45) is 0 Å². The van der Waals surface area contributed by atoms with Gasteiger partial charge in [-0.15, -0.1) is 0 Å². The highest BCUT2D eigenvalue weighted by atomic mass is 19.1. The molecule has 1 aromatic carbocycles. The number of fused-ring (bicyclic) bond motifs is 1. The van der Waals surface area contributed by atoms with Gasteiger partial charge in [-0.1, -0.05) is 6.07 Å². The van der Waals surface area contributed by atoms with Crippen molar-refractivity contribution in [1.29, 1.82) is 0 Å². The van der Waals surface area contributed by atoms with Crippen LogP contribution in [-0.2, 0) is 5.67 Å². The summed E-state index contributed by atoms with van der Waals surface area (Å²) >= 11 is 0. The molecule has 1 aromatic heterocycles. The van der Waals surface area contributed by atoms with Crippen LogP contribution in [0.5, 0.6) is 0 Å². The van der Waals surface area contributed by atoms with Gasteiger partial charge in [-0.25, -0.2) is 4.39 Å². The summed E-state index contributed by atoms with van der Waals surface area (Å²) in [6.07, 6.45) is 1.43. The van der Waals surface area contributed by atoms with Gasteiger partial charge in [0.25, 0.3) is 0 Å². The summed E-state index contributed by atoms with van der Waals surface area (Å²) in [5.74, 6) is 0. The minimum atomic E-state index is -1.43. The van der Waals surface area contributed by atoms with Crippen LogP contribution < -0.4 is 5.73 Å². The van der Waals surface area contributed by atoms with Crippen LogP contribution in [0.3, 0.4) is 0 Å².